The Labute approximate surface area is 196 Å². The Hall–Kier alpha value is -3.24. The molecule has 11 heteroatoms. The third-order valence-electron chi connectivity index (χ3n) is 6.52. The standard InChI is InChI=1S/C24H21F6N3O2/c1-13-31-12-21(34-13)19-8-14(23(25,26)27)2-6-20(19)35-18-9-16-4-5-17(10-18)33(16)22-7-3-15(11-32-22)24(28,29)30/h2-3,6-8,11-12,16-18H,4-5,9-10H2,1H3/t16-,17+,18+. The number of rotatable bonds is 4. The molecule has 0 radical (unpaired) electrons. The second kappa shape index (κ2) is 8.46. The number of alkyl halides is 6. The number of ether oxygens (including phenoxy) is 1. The van der Waals surface area contributed by atoms with Crippen LogP contribution in [0.4, 0.5) is 32.2 Å². The van der Waals surface area contributed by atoms with Crippen molar-refractivity contribution in [2.45, 2.75) is 63.1 Å². The summed E-state index contributed by atoms with van der Waals surface area (Å²) >= 11 is 0. The van der Waals surface area contributed by atoms with E-state index in [0.29, 0.717) is 24.6 Å². The number of oxazole rings is 1. The molecule has 5 nitrogen and oxygen atoms in total. The van der Waals surface area contributed by atoms with Crippen molar-refractivity contribution in [3.8, 4) is 17.1 Å². The zero-order valence-electron chi connectivity index (χ0n) is 18.5. The van der Waals surface area contributed by atoms with Crippen LogP contribution in [-0.2, 0) is 12.4 Å². The lowest BCUT2D eigenvalue weighted by molar-refractivity contribution is -0.138. The molecular formula is C24H21F6N3O2. The number of piperidine rings is 1. The van der Waals surface area contributed by atoms with Gasteiger partial charge < -0.3 is 14.1 Å². The van der Waals surface area contributed by atoms with E-state index in [2.05, 4.69) is 9.97 Å². The van der Waals surface area contributed by atoms with Crippen LogP contribution in [0.3, 0.4) is 0 Å². The van der Waals surface area contributed by atoms with Crippen molar-refractivity contribution in [1.82, 2.24) is 9.97 Å². The Morgan fingerprint density at radius 2 is 1.54 bits per heavy atom. The second-order valence-corrected chi connectivity index (χ2v) is 8.86. The Kier molecular flexibility index (Phi) is 5.68. The van der Waals surface area contributed by atoms with Gasteiger partial charge in [0.05, 0.1) is 22.9 Å². The highest BCUT2D eigenvalue weighted by Gasteiger charge is 2.43. The topological polar surface area (TPSA) is 51.4 Å². The number of halogens is 6. The molecule has 2 fully saturated rings. The summed E-state index contributed by atoms with van der Waals surface area (Å²) in [5.74, 6) is 1.24. The summed E-state index contributed by atoms with van der Waals surface area (Å²) in [7, 11) is 0. The van der Waals surface area contributed by atoms with Crippen molar-refractivity contribution >= 4 is 5.82 Å². The maximum absolute atomic E-state index is 13.3. The summed E-state index contributed by atoms with van der Waals surface area (Å²) < 4.78 is 90.3. The third-order valence-corrected chi connectivity index (χ3v) is 6.52. The maximum Gasteiger partial charge on any atom is 0.417 e. The molecule has 0 saturated carbocycles. The predicted molar refractivity (Wildman–Crippen MR) is 114 cm³/mol. The van der Waals surface area contributed by atoms with E-state index in [9.17, 15) is 26.3 Å². The minimum atomic E-state index is -4.53. The molecule has 3 atom stereocenters. The predicted octanol–water partition coefficient (Wildman–Crippen LogP) is 6.66. The van der Waals surface area contributed by atoms with Gasteiger partial charge in [0.2, 0.25) is 0 Å². The lowest BCUT2D eigenvalue weighted by atomic mass is 9.99. The number of aryl methyl sites for hydroxylation is 1. The Bertz CT molecular complexity index is 1190. The highest BCUT2D eigenvalue weighted by Crippen LogP contribution is 2.43. The van der Waals surface area contributed by atoms with E-state index < -0.39 is 23.5 Å². The lowest BCUT2D eigenvalue weighted by Gasteiger charge is -2.40. The molecule has 2 aromatic heterocycles. The Morgan fingerprint density at radius 3 is 2.09 bits per heavy atom. The molecule has 2 aliphatic heterocycles. The van der Waals surface area contributed by atoms with Crippen LogP contribution in [0.15, 0.2) is 47.1 Å². The average Bonchev–Trinajstić information content (AvgIpc) is 3.33. The number of hydrogen-bond donors (Lipinski definition) is 0. The molecule has 2 saturated heterocycles. The summed E-state index contributed by atoms with van der Waals surface area (Å²) in [6.45, 7) is 1.60. The van der Waals surface area contributed by atoms with Crippen LogP contribution in [0.5, 0.6) is 5.75 Å². The molecule has 0 amide bonds. The molecule has 186 valence electrons. The first-order valence-electron chi connectivity index (χ1n) is 11.1. The summed E-state index contributed by atoms with van der Waals surface area (Å²) in [6, 6.07) is 5.68. The Morgan fingerprint density at radius 1 is 0.886 bits per heavy atom. The normalized spacial score (nSPS) is 22.5. The third kappa shape index (κ3) is 4.68. The zero-order chi connectivity index (χ0) is 25.0. The molecule has 0 spiro atoms. The zero-order valence-corrected chi connectivity index (χ0v) is 18.5. The maximum atomic E-state index is 13.3. The lowest BCUT2D eigenvalue weighted by Crippen LogP contribution is -2.46. The van der Waals surface area contributed by atoms with E-state index in [1.165, 1.54) is 18.3 Å². The first-order valence-corrected chi connectivity index (χ1v) is 11.1. The SMILES string of the molecule is Cc1ncc(-c2cc(C(F)(F)F)ccc2O[C@H]2C[C@H]3CC[C@@H](C2)N3c2ccc(C(F)(F)F)cn2)o1. The fourth-order valence-electron chi connectivity index (χ4n) is 4.97. The van der Waals surface area contributed by atoms with Gasteiger partial charge in [-0.2, -0.15) is 26.3 Å². The van der Waals surface area contributed by atoms with Crippen molar-refractivity contribution in [1.29, 1.82) is 0 Å². The first kappa shape index (κ1) is 23.5. The molecule has 2 aliphatic rings. The summed E-state index contributed by atoms with van der Waals surface area (Å²) in [5, 5.41) is 0. The number of aromatic nitrogens is 2. The minimum Gasteiger partial charge on any atom is -0.489 e. The van der Waals surface area contributed by atoms with Crippen molar-refractivity contribution < 1.29 is 35.5 Å². The van der Waals surface area contributed by atoms with Gasteiger partial charge in [0, 0.05) is 38.0 Å². The van der Waals surface area contributed by atoms with Crippen LogP contribution in [-0.4, -0.2) is 28.2 Å². The van der Waals surface area contributed by atoms with Gasteiger partial charge >= 0.3 is 12.4 Å². The van der Waals surface area contributed by atoms with E-state index in [4.69, 9.17) is 9.15 Å². The monoisotopic (exact) mass is 497 g/mol. The van der Waals surface area contributed by atoms with Crippen molar-refractivity contribution in [2.75, 3.05) is 4.90 Å². The minimum absolute atomic E-state index is 0.00779. The van der Waals surface area contributed by atoms with Gasteiger partial charge in [-0.05, 0) is 43.2 Å². The van der Waals surface area contributed by atoms with E-state index in [0.717, 1.165) is 37.2 Å². The highest BCUT2D eigenvalue weighted by atomic mass is 19.4. The number of nitrogens with zero attached hydrogens (tertiary/aromatic N) is 3. The molecule has 1 aromatic carbocycles. The average molecular weight is 497 g/mol. The molecule has 3 aromatic rings. The fraction of sp³-hybridized carbons (Fsp3) is 0.417. The molecular weight excluding hydrogens is 476 g/mol. The van der Waals surface area contributed by atoms with Gasteiger partial charge in [-0.15, -0.1) is 0 Å². The van der Waals surface area contributed by atoms with Crippen LogP contribution in [0.1, 0.15) is 42.7 Å². The smallest absolute Gasteiger partial charge is 0.417 e. The van der Waals surface area contributed by atoms with Gasteiger partial charge in [0.1, 0.15) is 17.7 Å². The van der Waals surface area contributed by atoms with Crippen molar-refractivity contribution in [3.63, 3.8) is 0 Å². The molecule has 0 unspecified atom stereocenters. The van der Waals surface area contributed by atoms with Crippen LogP contribution in [0.25, 0.3) is 11.3 Å². The number of hydrogen-bond acceptors (Lipinski definition) is 5. The molecule has 35 heavy (non-hydrogen) atoms. The van der Waals surface area contributed by atoms with Gasteiger partial charge in [-0.1, -0.05) is 0 Å². The Balaban J connectivity index is 1.36. The fourth-order valence-corrected chi connectivity index (χ4v) is 4.97. The quantitative estimate of drug-likeness (QED) is 0.377. The number of benzene rings is 1. The van der Waals surface area contributed by atoms with E-state index in [1.54, 1.807) is 6.92 Å². The highest BCUT2D eigenvalue weighted by molar-refractivity contribution is 5.66. The van der Waals surface area contributed by atoms with Crippen molar-refractivity contribution in [3.05, 3.63) is 59.7 Å². The van der Waals surface area contributed by atoms with Gasteiger partial charge in [0.25, 0.3) is 0 Å². The van der Waals surface area contributed by atoms with Crippen LogP contribution >= 0.6 is 0 Å². The van der Waals surface area contributed by atoms with Crippen molar-refractivity contribution in [2.24, 2.45) is 0 Å². The number of anilines is 1. The number of fused-ring (bicyclic) bond motifs is 2. The van der Waals surface area contributed by atoms with E-state index in [1.807, 2.05) is 4.90 Å². The molecule has 0 N–H and O–H groups in total. The van der Waals surface area contributed by atoms with Crippen LogP contribution in [0.2, 0.25) is 0 Å². The molecule has 5 rings (SSSR count). The summed E-state index contributed by atoms with van der Waals surface area (Å²) in [5.41, 5.74) is -1.46. The van der Waals surface area contributed by atoms with Gasteiger partial charge in [-0.25, -0.2) is 9.97 Å². The first-order chi connectivity index (χ1) is 16.5. The molecule has 0 aliphatic carbocycles. The summed E-state index contributed by atoms with van der Waals surface area (Å²) in [4.78, 5) is 10.1. The van der Waals surface area contributed by atoms with E-state index in [-0.39, 0.29) is 35.3 Å². The van der Waals surface area contributed by atoms with Crippen LogP contribution in [0, 0.1) is 6.92 Å². The largest absolute Gasteiger partial charge is 0.489 e. The van der Waals surface area contributed by atoms with E-state index >= 15 is 0 Å². The number of pyridine rings is 1. The van der Waals surface area contributed by atoms with Crippen LogP contribution < -0.4 is 9.64 Å². The van der Waals surface area contributed by atoms with Gasteiger partial charge in [-0.3, -0.25) is 0 Å². The molecule has 2 bridgehead atoms. The molecule has 4 heterocycles. The van der Waals surface area contributed by atoms with Gasteiger partial charge in [0.15, 0.2) is 11.7 Å². The second-order valence-electron chi connectivity index (χ2n) is 8.86. The summed E-state index contributed by atoms with van der Waals surface area (Å²) in [6.07, 6.45) is -4.27.